The van der Waals surface area contributed by atoms with E-state index in [-0.39, 0.29) is 12.1 Å². The van der Waals surface area contributed by atoms with E-state index in [0.717, 1.165) is 6.02 Å². The van der Waals surface area contributed by atoms with E-state index >= 15 is 0 Å². The van der Waals surface area contributed by atoms with Gasteiger partial charge >= 0.3 is 0 Å². The Morgan fingerprint density at radius 2 is 1.78 bits per heavy atom. The largest absolute Gasteiger partial charge is 0.454 e. The smallest absolute Gasteiger partial charge is 0.288 e. The van der Waals surface area contributed by atoms with Crippen LogP contribution in [0.15, 0.2) is 41.4 Å². The van der Waals surface area contributed by atoms with Crippen LogP contribution in [0.3, 0.4) is 0 Å². The van der Waals surface area contributed by atoms with Crippen LogP contribution >= 0.6 is 0 Å². The summed E-state index contributed by atoms with van der Waals surface area (Å²) in [6.07, 6.45) is 0.0588. The van der Waals surface area contributed by atoms with E-state index in [1.165, 1.54) is 21.9 Å². The Balaban J connectivity index is 1.96. The predicted molar refractivity (Wildman–Crippen MR) is 71.6 cm³/mol. The summed E-state index contributed by atoms with van der Waals surface area (Å²) in [6.45, 7) is 0. The van der Waals surface area contributed by atoms with Crippen molar-refractivity contribution in [1.82, 2.24) is 4.90 Å². The lowest BCUT2D eigenvalue weighted by molar-refractivity contribution is 0.180. The van der Waals surface area contributed by atoms with Gasteiger partial charge in [-0.25, -0.2) is 4.99 Å². The number of amidine groups is 1. The van der Waals surface area contributed by atoms with E-state index in [9.17, 15) is 0 Å². The number of hydrogen-bond acceptors (Lipinski definition) is 3. The molecule has 3 heteroatoms. The van der Waals surface area contributed by atoms with Gasteiger partial charge in [-0.2, -0.15) is 0 Å². The van der Waals surface area contributed by atoms with Gasteiger partial charge in [-0.1, -0.05) is 36.4 Å². The van der Waals surface area contributed by atoms with E-state index in [1.807, 2.05) is 19.0 Å². The highest BCUT2D eigenvalue weighted by atomic mass is 16.5. The quantitative estimate of drug-likeness (QED) is 0.705. The van der Waals surface area contributed by atoms with Crippen LogP contribution in [0.2, 0.25) is 0 Å². The minimum atomic E-state index is 0.0588. The number of benzene rings is 2. The second kappa shape index (κ2) is 3.25. The summed E-state index contributed by atoms with van der Waals surface area (Å²) in [6, 6.07) is 13.7. The van der Waals surface area contributed by atoms with Gasteiger partial charge in [0.25, 0.3) is 6.02 Å². The number of fused-ring (bicyclic) bond motifs is 3. The van der Waals surface area contributed by atoms with Crippen molar-refractivity contribution in [1.29, 1.82) is 0 Å². The SMILES string of the molecule is CN(C)C1=NC2c3cccc4cccc(c34)C2O1. The molecule has 4 rings (SSSR count). The molecule has 1 heterocycles. The van der Waals surface area contributed by atoms with Crippen LogP contribution < -0.4 is 0 Å². The summed E-state index contributed by atoms with van der Waals surface area (Å²) in [5, 5.41) is 2.61. The molecule has 0 N–H and O–H groups in total. The third kappa shape index (κ3) is 1.11. The van der Waals surface area contributed by atoms with Gasteiger partial charge in [0.05, 0.1) is 0 Å². The van der Waals surface area contributed by atoms with Gasteiger partial charge < -0.3 is 9.64 Å². The highest BCUT2D eigenvalue weighted by molar-refractivity contribution is 5.93. The highest BCUT2D eigenvalue weighted by Gasteiger charge is 2.41. The zero-order valence-corrected chi connectivity index (χ0v) is 10.4. The Kier molecular flexibility index (Phi) is 1.80. The fourth-order valence-corrected chi connectivity index (χ4v) is 2.97. The Morgan fingerprint density at radius 3 is 2.50 bits per heavy atom. The zero-order chi connectivity index (χ0) is 12.3. The van der Waals surface area contributed by atoms with Crippen LogP contribution in [0.1, 0.15) is 23.3 Å². The van der Waals surface area contributed by atoms with Crippen LogP contribution in [0, 0.1) is 0 Å². The topological polar surface area (TPSA) is 24.8 Å². The van der Waals surface area contributed by atoms with Gasteiger partial charge in [0.15, 0.2) is 6.10 Å². The third-order valence-electron chi connectivity index (χ3n) is 3.75. The minimum absolute atomic E-state index is 0.0588. The second-order valence-corrected chi connectivity index (χ2v) is 5.08. The molecule has 2 unspecified atom stereocenters. The molecule has 18 heavy (non-hydrogen) atoms. The highest BCUT2D eigenvalue weighted by Crippen LogP contribution is 2.50. The van der Waals surface area contributed by atoms with Crippen molar-refractivity contribution in [3.05, 3.63) is 47.5 Å². The van der Waals surface area contributed by atoms with Crippen molar-refractivity contribution in [2.24, 2.45) is 4.99 Å². The van der Waals surface area contributed by atoms with Crippen LogP contribution in [0.4, 0.5) is 0 Å². The van der Waals surface area contributed by atoms with Crippen molar-refractivity contribution < 1.29 is 4.74 Å². The Bertz CT molecular complexity index is 670. The first-order valence-corrected chi connectivity index (χ1v) is 6.19. The minimum Gasteiger partial charge on any atom is -0.454 e. The predicted octanol–water partition coefficient (Wildman–Crippen LogP) is 2.88. The molecule has 0 fully saturated rings. The summed E-state index contributed by atoms with van der Waals surface area (Å²) < 4.78 is 6.00. The van der Waals surface area contributed by atoms with Gasteiger partial charge in [-0.15, -0.1) is 0 Å². The molecule has 0 bridgehead atoms. The fraction of sp³-hybridized carbons (Fsp3) is 0.267. The van der Waals surface area contributed by atoms with Crippen LogP contribution in [0.5, 0.6) is 0 Å². The normalized spacial score (nSPS) is 23.8. The lowest BCUT2D eigenvalue weighted by Gasteiger charge is -2.15. The van der Waals surface area contributed by atoms with Gasteiger partial charge in [-0.3, -0.25) is 0 Å². The first-order valence-electron chi connectivity index (χ1n) is 6.19. The number of aliphatic imine (C=N–C) groups is 1. The molecule has 0 spiro atoms. The van der Waals surface area contributed by atoms with E-state index in [0.29, 0.717) is 0 Å². The van der Waals surface area contributed by atoms with Gasteiger partial charge in [0.2, 0.25) is 0 Å². The van der Waals surface area contributed by atoms with E-state index in [4.69, 9.17) is 9.73 Å². The molecule has 0 saturated heterocycles. The third-order valence-corrected chi connectivity index (χ3v) is 3.75. The van der Waals surface area contributed by atoms with E-state index < -0.39 is 0 Å². The zero-order valence-electron chi connectivity index (χ0n) is 10.4. The van der Waals surface area contributed by atoms with Gasteiger partial charge in [-0.05, 0) is 16.3 Å². The van der Waals surface area contributed by atoms with Crippen LogP contribution in [-0.2, 0) is 4.74 Å². The Labute approximate surface area is 106 Å². The molecule has 90 valence electrons. The van der Waals surface area contributed by atoms with Gasteiger partial charge in [0.1, 0.15) is 6.04 Å². The maximum Gasteiger partial charge on any atom is 0.288 e. The summed E-state index contributed by atoms with van der Waals surface area (Å²) in [7, 11) is 3.93. The van der Waals surface area contributed by atoms with Crippen molar-refractivity contribution in [2.45, 2.75) is 12.1 Å². The van der Waals surface area contributed by atoms with E-state index in [2.05, 4.69) is 36.4 Å². The summed E-state index contributed by atoms with van der Waals surface area (Å²) in [4.78, 5) is 6.64. The van der Waals surface area contributed by atoms with Crippen molar-refractivity contribution in [3.8, 4) is 0 Å². The summed E-state index contributed by atoms with van der Waals surface area (Å²) in [5.41, 5.74) is 2.57. The number of rotatable bonds is 0. The average Bonchev–Trinajstić information content (AvgIpc) is 2.92. The van der Waals surface area contributed by atoms with Gasteiger partial charge in [0, 0.05) is 19.7 Å². The molecule has 3 nitrogen and oxygen atoms in total. The molecule has 2 aromatic carbocycles. The molecular weight excluding hydrogens is 224 g/mol. The average molecular weight is 238 g/mol. The summed E-state index contributed by atoms with van der Waals surface area (Å²) >= 11 is 0. The van der Waals surface area contributed by atoms with Crippen molar-refractivity contribution in [2.75, 3.05) is 14.1 Å². The molecule has 0 amide bonds. The Hall–Kier alpha value is -2.03. The maximum atomic E-state index is 6.00. The second-order valence-electron chi connectivity index (χ2n) is 5.08. The molecule has 2 aromatic rings. The summed E-state index contributed by atoms with van der Waals surface area (Å²) in [5.74, 6) is 0. The number of hydrogen-bond donors (Lipinski definition) is 0. The van der Waals surface area contributed by atoms with Crippen molar-refractivity contribution >= 4 is 16.8 Å². The van der Waals surface area contributed by atoms with Crippen LogP contribution in [0.25, 0.3) is 10.8 Å². The first kappa shape index (κ1) is 9.95. The molecule has 0 saturated carbocycles. The van der Waals surface area contributed by atoms with Crippen LogP contribution in [-0.4, -0.2) is 25.0 Å². The standard InChI is InChI=1S/C15H14N2O/c1-17(2)15-16-13-10-7-3-5-9-6-4-8-11(12(9)10)14(13)18-15/h3-8,13-14H,1-2H3. The molecule has 0 aromatic heterocycles. The monoisotopic (exact) mass is 238 g/mol. The molecule has 2 aliphatic rings. The molecule has 0 radical (unpaired) electrons. The first-order chi connectivity index (χ1) is 8.75. The maximum absolute atomic E-state index is 6.00. The van der Waals surface area contributed by atoms with Crippen molar-refractivity contribution in [3.63, 3.8) is 0 Å². The fourth-order valence-electron chi connectivity index (χ4n) is 2.97. The lowest BCUT2D eigenvalue weighted by atomic mass is 10.0. The number of ether oxygens (including phenoxy) is 1. The molecular formula is C15H14N2O. The molecule has 2 atom stereocenters. The molecule has 1 aliphatic heterocycles. The van der Waals surface area contributed by atoms with E-state index in [1.54, 1.807) is 0 Å². The Morgan fingerprint density at radius 1 is 1.06 bits per heavy atom. The number of nitrogens with zero attached hydrogens (tertiary/aromatic N) is 2. The molecule has 1 aliphatic carbocycles. The lowest BCUT2D eigenvalue weighted by Crippen LogP contribution is -2.22.